The Morgan fingerprint density at radius 1 is 1.40 bits per heavy atom. The number of hydrogen-bond acceptors (Lipinski definition) is 3. The summed E-state index contributed by atoms with van der Waals surface area (Å²) < 4.78 is 5.23. The van der Waals surface area contributed by atoms with Crippen LogP contribution in [0.3, 0.4) is 0 Å². The molecular weight excluding hydrogens is 216 g/mol. The predicted molar refractivity (Wildman–Crippen MR) is 58.8 cm³/mol. The van der Waals surface area contributed by atoms with Crippen molar-refractivity contribution in [3.63, 3.8) is 0 Å². The smallest absolute Gasteiger partial charge is 0.272 e. The molecule has 0 heterocycles. The highest BCUT2D eigenvalue weighted by Gasteiger charge is 2.02. The molecule has 0 fully saturated rings. The van der Waals surface area contributed by atoms with Gasteiger partial charge in [0.25, 0.3) is 5.91 Å². The van der Waals surface area contributed by atoms with Crippen LogP contribution >= 0.6 is 11.6 Å². The molecular formula is C10H13ClN2O2. The first-order valence-electron chi connectivity index (χ1n) is 4.43. The molecule has 0 atom stereocenters. The summed E-state index contributed by atoms with van der Waals surface area (Å²) >= 11 is 5.70. The summed E-state index contributed by atoms with van der Waals surface area (Å²) in [6.45, 7) is -0.0141. The Hall–Kier alpha value is -1.26. The number of hydrogen-bond donors (Lipinski definition) is 1. The van der Waals surface area contributed by atoms with E-state index in [-0.39, 0.29) is 12.5 Å². The Morgan fingerprint density at radius 2 is 2.00 bits per heavy atom. The van der Waals surface area contributed by atoms with Gasteiger partial charge in [-0.2, -0.15) is 0 Å². The molecule has 4 nitrogen and oxygen atoms in total. The Kier molecular flexibility index (Phi) is 4.39. The lowest BCUT2D eigenvalue weighted by Crippen LogP contribution is -2.39. The summed E-state index contributed by atoms with van der Waals surface area (Å²) in [6.07, 6.45) is 0. The Balaban J connectivity index is 2.37. The third-order valence-corrected chi connectivity index (χ3v) is 1.78. The van der Waals surface area contributed by atoms with E-state index < -0.39 is 0 Å². The molecule has 0 aromatic heterocycles. The molecule has 5 heteroatoms. The zero-order chi connectivity index (χ0) is 11.3. The van der Waals surface area contributed by atoms with E-state index in [1.54, 1.807) is 43.4 Å². The zero-order valence-electron chi connectivity index (χ0n) is 8.66. The van der Waals surface area contributed by atoms with Crippen molar-refractivity contribution in [2.75, 3.05) is 20.7 Å². The average molecular weight is 229 g/mol. The molecule has 1 N–H and O–H groups in total. The molecule has 0 aliphatic carbocycles. The van der Waals surface area contributed by atoms with Crippen molar-refractivity contribution in [3.05, 3.63) is 29.3 Å². The van der Waals surface area contributed by atoms with Crippen LogP contribution in [0.5, 0.6) is 5.75 Å². The molecule has 1 rings (SSSR count). The van der Waals surface area contributed by atoms with Crippen molar-refractivity contribution in [2.45, 2.75) is 0 Å². The van der Waals surface area contributed by atoms with Crippen LogP contribution in [0.2, 0.25) is 5.02 Å². The highest BCUT2D eigenvalue weighted by atomic mass is 35.5. The van der Waals surface area contributed by atoms with Crippen LogP contribution in [0.15, 0.2) is 24.3 Å². The summed E-state index contributed by atoms with van der Waals surface area (Å²) in [4.78, 5) is 11.2. The van der Waals surface area contributed by atoms with Crippen molar-refractivity contribution >= 4 is 17.5 Å². The molecule has 0 saturated carbocycles. The van der Waals surface area contributed by atoms with Gasteiger partial charge < -0.3 is 4.74 Å². The highest BCUT2D eigenvalue weighted by Crippen LogP contribution is 2.15. The Bertz CT molecular complexity index is 325. The molecule has 0 spiro atoms. The van der Waals surface area contributed by atoms with Crippen LogP contribution < -0.4 is 10.2 Å². The molecule has 1 amide bonds. The molecule has 0 bridgehead atoms. The molecule has 0 saturated heterocycles. The first-order valence-corrected chi connectivity index (χ1v) is 4.81. The van der Waals surface area contributed by atoms with Gasteiger partial charge in [0.2, 0.25) is 0 Å². The van der Waals surface area contributed by atoms with Crippen LogP contribution in [0.1, 0.15) is 0 Å². The molecule has 0 radical (unpaired) electrons. The topological polar surface area (TPSA) is 41.6 Å². The molecule has 0 aliphatic rings. The number of hydrazine groups is 1. The second-order valence-corrected chi connectivity index (χ2v) is 3.61. The van der Waals surface area contributed by atoms with Crippen LogP contribution in [0.4, 0.5) is 0 Å². The van der Waals surface area contributed by atoms with Crippen LogP contribution in [-0.2, 0) is 4.79 Å². The largest absolute Gasteiger partial charge is 0.484 e. The Morgan fingerprint density at radius 3 is 2.53 bits per heavy atom. The maximum Gasteiger partial charge on any atom is 0.272 e. The third kappa shape index (κ3) is 4.67. The monoisotopic (exact) mass is 228 g/mol. The van der Waals surface area contributed by atoms with Gasteiger partial charge in [-0.1, -0.05) is 11.6 Å². The number of nitrogens with one attached hydrogen (secondary N) is 1. The fourth-order valence-corrected chi connectivity index (χ4v) is 1.09. The van der Waals surface area contributed by atoms with Gasteiger partial charge in [-0.25, -0.2) is 5.01 Å². The number of carbonyl (C=O) groups excluding carboxylic acids is 1. The molecule has 82 valence electrons. The number of benzene rings is 1. The summed E-state index contributed by atoms with van der Waals surface area (Å²) in [5.41, 5.74) is 2.57. The van der Waals surface area contributed by atoms with E-state index in [0.29, 0.717) is 10.8 Å². The van der Waals surface area contributed by atoms with E-state index in [2.05, 4.69) is 5.43 Å². The first kappa shape index (κ1) is 11.8. The lowest BCUT2D eigenvalue weighted by Gasteiger charge is -2.12. The van der Waals surface area contributed by atoms with Gasteiger partial charge in [0.1, 0.15) is 5.75 Å². The van der Waals surface area contributed by atoms with Crippen LogP contribution in [0, 0.1) is 0 Å². The van der Waals surface area contributed by atoms with Gasteiger partial charge in [-0.15, -0.1) is 0 Å². The van der Waals surface area contributed by atoms with E-state index in [4.69, 9.17) is 16.3 Å². The van der Waals surface area contributed by atoms with Crippen molar-refractivity contribution < 1.29 is 9.53 Å². The second kappa shape index (κ2) is 5.58. The van der Waals surface area contributed by atoms with E-state index in [1.165, 1.54) is 0 Å². The van der Waals surface area contributed by atoms with Gasteiger partial charge in [-0.05, 0) is 24.3 Å². The van der Waals surface area contributed by atoms with Gasteiger partial charge in [0, 0.05) is 19.1 Å². The molecule has 0 aliphatic heterocycles. The maximum absolute atomic E-state index is 11.2. The van der Waals surface area contributed by atoms with Gasteiger partial charge >= 0.3 is 0 Å². The minimum absolute atomic E-state index is 0.0141. The van der Waals surface area contributed by atoms with Crippen LogP contribution in [0.25, 0.3) is 0 Å². The second-order valence-electron chi connectivity index (χ2n) is 3.17. The van der Waals surface area contributed by atoms with Crippen molar-refractivity contribution in [3.8, 4) is 5.75 Å². The average Bonchev–Trinajstić information content (AvgIpc) is 2.16. The maximum atomic E-state index is 11.2. The lowest BCUT2D eigenvalue weighted by molar-refractivity contribution is -0.126. The molecule has 0 unspecified atom stereocenters. The summed E-state index contributed by atoms with van der Waals surface area (Å²) in [6, 6.07) is 6.85. The minimum Gasteiger partial charge on any atom is -0.484 e. The van der Waals surface area contributed by atoms with Crippen molar-refractivity contribution in [1.29, 1.82) is 0 Å². The lowest BCUT2D eigenvalue weighted by atomic mass is 10.3. The number of carbonyl (C=O) groups is 1. The van der Waals surface area contributed by atoms with E-state index in [0.717, 1.165) is 0 Å². The van der Waals surface area contributed by atoms with E-state index >= 15 is 0 Å². The Labute approximate surface area is 93.7 Å². The van der Waals surface area contributed by atoms with E-state index in [1.807, 2.05) is 0 Å². The highest BCUT2D eigenvalue weighted by molar-refractivity contribution is 6.30. The predicted octanol–water partition coefficient (Wildman–Crippen LogP) is 1.31. The van der Waals surface area contributed by atoms with Gasteiger partial charge in [-0.3, -0.25) is 10.2 Å². The first-order chi connectivity index (χ1) is 7.08. The number of nitrogens with zero attached hydrogens (tertiary/aromatic N) is 1. The third-order valence-electron chi connectivity index (χ3n) is 1.53. The summed E-state index contributed by atoms with van der Waals surface area (Å²) in [5, 5.41) is 2.20. The number of halogens is 1. The van der Waals surface area contributed by atoms with Crippen molar-refractivity contribution in [2.24, 2.45) is 0 Å². The standard InChI is InChI=1S/C10H13ClN2O2/c1-13(2)12-10(14)7-15-9-5-3-8(11)4-6-9/h3-6H,7H2,1-2H3,(H,12,14). The van der Waals surface area contributed by atoms with Gasteiger partial charge in [0.15, 0.2) is 6.61 Å². The molecule has 1 aromatic carbocycles. The fraction of sp³-hybridized carbons (Fsp3) is 0.300. The fourth-order valence-electron chi connectivity index (χ4n) is 0.961. The number of amides is 1. The van der Waals surface area contributed by atoms with Crippen molar-refractivity contribution in [1.82, 2.24) is 10.4 Å². The quantitative estimate of drug-likeness (QED) is 0.791. The van der Waals surface area contributed by atoms with Gasteiger partial charge in [0.05, 0.1) is 0 Å². The zero-order valence-corrected chi connectivity index (χ0v) is 9.41. The summed E-state index contributed by atoms with van der Waals surface area (Å²) in [5.74, 6) is 0.420. The molecule has 1 aromatic rings. The normalized spacial score (nSPS) is 10.1. The van der Waals surface area contributed by atoms with Crippen LogP contribution in [-0.4, -0.2) is 31.6 Å². The SMILES string of the molecule is CN(C)NC(=O)COc1ccc(Cl)cc1. The minimum atomic E-state index is -0.199. The molecule has 15 heavy (non-hydrogen) atoms. The number of rotatable bonds is 4. The summed E-state index contributed by atoms with van der Waals surface area (Å²) in [7, 11) is 3.47. The van der Waals surface area contributed by atoms with E-state index in [9.17, 15) is 4.79 Å². The number of ether oxygens (including phenoxy) is 1.